The van der Waals surface area contributed by atoms with Crippen molar-refractivity contribution in [3.8, 4) is 0 Å². The fourth-order valence-electron chi connectivity index (χ4n) is 3.28. The minimum absolute atomic E-state index is 0.0207. The van der Waals surface area contributed by atoms with E-state index in [1.54, 1.807) is 22.0 Å². The number of imidazole rings is 1. The molecule has 1 aliphatic heterocycles. The van der Waals surface area contributed by atoms with Crippen LogP contribution in [0.1, 0.15) is 35.8 Å². The third-order valence-electron chi connectivity index (χ3n) is 4.78. The predicted molar refractivity (Wildman–Crippen MR) is 94.8 cm³/mol. The molecule has 0 saturated carbocycles. The summed E-state index contributed by atoms with van der Waals surface area (Å²) in [6.07, 6.45) is 4.37. The molecule has 2 amide bonds. The van der Waals surface area contributed by atoms with Crippen molar-refractivity contribution < 1.29 is 9.59 Å². The zero-order valence-electron chi connectivity index (χ0n) is 14.8. The molecule has 3 rings (SSSR count). The molecule has 0 aliphatic carbocycles. The van der Waals surface area contributed by atoms with Crippen LogP contribution in [-0.4, -0.2) is 50.3 Å². The number of benzene rings is 1. The minimum Gasteiger partial charge on any atom is -0.335 e. The quantitative estimate of drug-likeness (QED) is 0.856. The average molecular weight is 340 g/mol. The first-order valence-corrected chi connectivity index (χ1v) is 8.69. The van der Waals surface area contributed by atoms with E-state index in [0.717, 1.165) is 12.0 Å². The van der Waals surface area contributed by atoms with Crippen LogP contribution in [0.15, 0.2) is 42.9 Å². The molecule has 6 nitrogen and oxygen atoms in total. The number of hydrogen-bond acceptors (Lipinski definition) is 3. The second kappa shape index (κ2) is 7.51. The van der Waals surface area contributed by atoms with Crippen molar-refractivity contribution in [1.29, 1.82) is 0 Å². The summed E-state index contributed by atoms with van der Waals surface area (Å²) < 4.78 is 1.72. The SMILES string of the molecule is CC[C@@H]1CN(C(=O)c2cncn2C)CCC(=O)N1Cc1ccccc1. The number of aryl methyl sites for hydroxylation is 1. The maximum absolute atomic E-state index is 12.8. The normalized spacial score (nSPS) is 18.3. The van der Waals surface area contributed by atoms with Crippen LogP contribution in [0.2, 0.25) is 0 Å². The van der Waals surface area contributed by atoms with Crippen LogP contribution < -0.4 is 0 Å². The van der Waals surface area contributed by atoms with Crippen molar-refractivity contribution in [3.05, 3.63) is 54.1 Å². The lowest BCUT2D eigenvalue weighted by Crippen LogP contribution is -2.44. The summed E-state index contributed by atoms with van der Waals surface area (Å²) in [5.74, 6) is 0.0452. The molecule has 0 bridgehead atoms. The van der Waals surface area contributed by atoms with Gasteiger partial charge in [0, 0.05) is 39.1 Å². The Balaban J connectivity index is 1.79. The van der Waals surface area contributed by atoms with E-state index in [1.165, 1.54) is 0 Å². The number of aromatic nitrogens is 2. The van der Waals surface area contributed by atoms with Gasteiger partial charge in [0.25, 0.3) is 5.91 Å². The highest BCUT2D eigenvalue weighted by molar-refractivity contribution is 5.93. The first-order chi connectivity index (χ1) is 12.1. The molecular formula is C19H24N4O2. The molecule has 1 fully saturated rings. The first kappa shape index (κ1) is 17.2. The number of carbonyl (C=O) groups excluding carboxylic acids is 2. The van der Waals surface area contributed by atoms with Gasteiger partial charge in [0.05, 0.1) is 12.5 Å². The summed E-state index contributed by atoms with van der Waals surface area (Å²) >= 11 is 0. The molecule has 2 aromatic rings. The van der Waals surface area contributed by atoms with Gasteiger partial charge in [-0.1, -0.05) is 37.3 Å². The molecule has 6 heteroatoms. The van der Waals surface area contributed by atoms with E-state index in [0.29, 0.717) is 31.7 Å². The maximum Gasteiger partial charge on any atom is 0.272 e. The lowest BCUT2D eigenvalue weighted by molar-refractivity contribution is -0.133. The summed E-state index contributed by atoms with van der Waals surface area (Å²) in [5.41, 5.74) is 1.67. The third-order valence-corrected chi connectivity index (χ3v) is 4.78. The Morgan fingerprint density at radius 1 is 1.28 bits per heavy atom. The zero-order chi connectivity index (χ0) is 17.8. The van der Waals surface area contributed by atoms with Crippen LogP contribution in [0.3, 0.4) is 0 Å². The van der Waals surface area contributed by atoms with Gasteiger partial charge in [-0.15, -0.1) is 0 Å². The Morgan fingerprint density at radius 3 is 2.68 bits per heavy atom. The molecule has 1 saturated heterocycles. The van der Waals surface area contributed by atoms with Gasteiger partial charge in [-0.05, 0) is 12.0 Å². The van der Waals surface area contributed by atoms with Crippen LogP contribution in [0.25, 0.3) is 0 Å². The Morgan fingerprint density at radius 2 is 2.04 bits per heavy atom. The predicted octanol–water partition coefficient (Wildman–Crippen LogP) is 2.07. The number of nitrogens with zero attached hydrogens (tertiary/aromatic N) is 4. The van der Waals surface area contributed by atoms with Gasteiger partial charge in [0.15, 0.2) is 0 Å². The second-order valence-electron chi connectivity index (χ2n) is 6.46. The molecule has 1 aliphatic rings. The summed E-state index contributed by atoms with van der Waals surface area (Å²) in [5, 5.41) is 0. The standard InChI is InChI=1S/C19H24N4O2/c1-3-16-13-22(19(25)17-11-20-14-21(17)2)10-9-18(24)23(16)12-15-7-5-4-6-8-15/h4-8,11,14,16H,3,9-10,12-13H2,1-2H3/t16-/m1/s1. The molecule has 1 aromatic carbocycles. The molecule has 2 heterocycles. The van der Waals surface area contributed by atoms with Gasteiger partial charge in [0.2, 0.25) is 5.91 Å². The lowest BCUT2D eigenvalue weighted by atomic mass is 10.1. The van der Waals surface area contributed by atoms with Crippen LogP contribution in [0, 0.1) is 0 Å². The van der Waals surface area contributed by atoms with Gasteiger partial charge in [-0.2, -0.15) is 0 Å². The second-order valence-corrected chi connectivity index (χ2v) is 6.46. The highest BCUT2D eigenvalue weighted by atomic mass is 16.2. The summed E-state index contributed by atoms with van der Waals surface area (Å²) in [7, 11) is 1.81. The molecule has 0 N–H and O–H groups in total. The summed E-state index contributed by atoms with van der Waals surface area (Å²) in [4.78, 5) is 33.2. The Bertz CT molecular complexity index is 741. The summed E-state index contributed by atoms with van der Waals surface area (Å²) in [6.45, 7) is 3.66. The number of rotatable bonds is 4. The van der Waals surface area contributed by atoms with Gasteiger partial charge >= 0.3 is 0 Å². The smallest absolute Gasteiger partial charge is 0.272 e. The minimum atomic E-state index is -0.0622. The Labute approximate surface area is 148 Å². The van der Waals surface area contributed by atoms with Gasteiger partial charge < -0.3 is 14.4 Å². The summed E-state index contributed by atoms with van der Waals surface area (Å²) in [6, 6.07) is 10.0. The van der Waals surface area contributed by atoms with Crippen molar-refractivity contribution >= 4 is 11.8 Å². The van der Waals surface area contributed by atoms with Crippen molar-refractivity contribution in [3.63, 3.8) is 0 Å². The number of amides is 2. The van der Waals surface area contributed by atoms with Crippen LogP contribution in [-0.2, 0) is 18.4 Å². The highest BCUT2D eigenvalue weighted by Crippen LogP contribution is 2.19. The molecule has 1 aromatic heterocycles. The van der Waals surface area contributed by atoms with E-state index in [-0.39, 0.29) is 17.9 Å². The topological polar surface area (TPSA) is 58.4 Å². The van der Waals surface area contributed by atoms with Gasteiger partial charge in [0.1, 0.15) is 5.69 Å². The Hall–Kier alpha value is -2.63. The molecule has 25 heavy (non-hydrogen) atoms. The van der Waals surface area contributed by atoms with Crippen LogP contribution in [0.4, 0.5) is 0 Å². The fourth-order valence-corrected chi connectivity index (χ4v) is 3.28. The lowest BCUT2D eigenvalue weighted by Gasteiger charge is -2.31. The van der Waals surface area contributed by atoms with Gasteiger partial charge in [-0.25, -0.2) is 4.98 Å². The van der Waals surface area contributed by atoms with Crippen LogP contribution in [0.5, 0.6) is 0 Å². The van der Waals surface area contributed by atoms with E-state index in [1.807, 2.05) is 42.3 Å². The van der Waals surface area contributed by atoms with E-state index in [4.69, 9.17) is 0 Å². The number of carbonyl (C=O) groups is 2. The van der Waals surface area contributed by atoms with Crippen molar-refractivity contribution in [2.45, 2.75) is 32.4 Å². The van der Waals surface area contributed by atoms with E-state index < -0.39 is 0 Å². The van der Waals surface area contributed by atoms with E-state index in [9.17, 15) is 9.59 Å². The maximum atomic E-state index is 12.8. The average Bonchev–Trinajstić information content (AvgIpc) is 2.99. The van der Waals surface area contributed by atoms with Gasteiger partial charge in [-0.3, -0.25) is 9.59 Å². The number of hydrogen-bond donors (Lipinski definition) is 0. The molecule has 0 radical (unpaired) electrons. The monoisotopic (exact) mass is 340 g/mol. The van der Waals surface area contributed by atoms with Crippen molar-refractivity contribution in [2.75, 3.05) is 13.1 Å². The Kier molecular flexibility index (Phi) is 5.16. The molecule has 0 unspecified atom stereocenters. The molecule has 132 valence electrons. The fraction of sp³-hybridized carbons (Fsp3) is 0.421. The first-order valence-electron chi connectivity index (χ1n) is 8.69. The van der Waals surface area contributed by atoms with E-state index >= 15 is 0 Å². The highest BCUT2D eigenvalue weighted by Gasteiger charge is 2.31. The third kappa shape index (κ3) is 3.73. The van der Waals surface area contributed by atoms with Crippen LogP contribution >= 0.6 is 0 Å². The van der Waals surface area contributed by atoms with Crippen molar-refractivity contribution in [1.82, 2.24) is 19.4 Å². The molecule has 0 spiro atoms. The molecule has 1 atom stereocenters. The zero-order valence-corrected chi connectivity index (χ0v) is 14.8. The van der Waals surface area contributed by atoms with Crippen molar-refractivity contribution in [2.24, 2.45) is 7.05 Å². The molecular weight excluding hydrogens is 316 g/mol. The largest absolute Gasteiger partial charge is 0.335 e. The van der Waals surface area contributed by atoms with E-state index in [2.05, 4.69) is 11.9 Å².